The molecule has 1 aromatic carbocycles. The molecule has 0 saturated carbocycles. The van der Waals surface area contributed by atoms with Gasteiger partial charge in [-0.3, -0.25) is 9.52 Å². The average Bonchev–Trinajstić information content (AvgIpc) is 2.79. The minimum absolute atomic E-state index is 0.00202. The van der Waals surface area contributed by atoms with Crippen LogP contribution in [0.5, 0.6) is 0 Å². The maximum Gasteiger partial charge on any atom is 0.421 e. The largest absolute Gasteiger partial charge is 0.421 e. The van der Waals surface area contributed by atoms with Gasteiger partial charge in [-0.15, -0.1) is 0 Å². The fourth-order valence-corrected chi connectivity index (χ4v) is 4.04. The molecule has 0 spiro atoms. The molecule has 2 heterocycles. The molecule has 1 aliphatic heterocycles. The van der Waals surface area contributed by atoms with Crippen molar-refractivity contribution in [3.05, 3.63) is 47.5 Å². The van der Waals surface area contributed by atoms with Gasteiger partial charge in [0.1, 0.15) is 18.0 Å². The van der Waals surface area contributed by atoms with E-state index in [0.29, 0.717) is 25.6 Å². The van der Waals surface area contributed by atoms with Crippen LogP contribution in [-0.4, -0.2) is 60.0 Å². The van der Waals surface area contributed by atoms with E-state index >= 15 is 0 Å². The van der Waals surface area contributed by atoms with Crippen LogP contribution in [0.15, 0.2) is 41.9 Å². The molecular weight excluding hydrogens is 489 g/mol. The van der Waals surface area contributed by atoms with Gasteiger partial charge < -0.3 is 20.6 Å². The molecule has 1 fully saturated rings. The summed E-state index contributed by atoms with van der Waals surface area (Å²) in [6.07, 6.45) is -2.92. The maximum absolute atomic E-state index is 13.7. The molecule has 10 nitrogen and oxygen atoms in total. The second-order valence-corrected chi connectivity index (χ2v) is 9.82. The van der Waals surface area contributed by atoms with E-state index in [1.165, 1.54) is 36.1 Å². The normalized spacial score (nSPS) is 16.5. The summed E-state index contributed by atoms with van der Waals surface area (Å²) < 4.78 is 67.7. The minimum Gasteiger partial charge on any atom is -0.387 e. The Morgan fingerprint density at radius 3 is 2.60 bits per heavy atom. The van der Waals surface area contributed by atoms with E-state index in [-0.39, 0.29) is 34.8 Å². The van der Waals surface area contributed by atoms with Crippen molar-refractivity contribution in [2.75, 3.05) is 35.1 Å². The predicted molar refractivity (Wildman–Crippen MR) is 124 cm³/mol. The van der Waals surface area contributed by atoms with Crippen LogP contribution >= 0.6 is 0 Å². The molecule has 1 aromatic heterocycles. The Morgan fingerprint density at radius 1 is 1.29 bits per heavy atom. The summed E-state index contributed by atoms with van der Waals surface area (Å²) in [6.45, 7) is 4.73. The molecule has 35 heavy (non-hydrogen) atoms. The van der Waals surface area contributed by atoms with Gasteiger partial charge in [-0.25, -0.2) is 13.4 Å². The van der Waals surface area contributed by atoms with Gasteiger partial charge in [0.25, 0.3) is 10.0 Å². The monoisotopic (exact) mass is 514 g/mol. The first-order valence-corrected chi connectivity index (χ1v) is 12.0. The SMILES string of the molecule is C=C(C)S(=O)(=O)Nc1ccccc1Nc1nc(N[C@H]2CCCN(C(=O)CO)C2)ncc1C(F)(F)F. The Hall–Kier alpha value is -3.39. The lowest BCUT2D eigenvalue weighted by Gasteiger charge is -2.32. The van der Waals surface area contributed by atoms with Gasteiger partial charge in [-0.1, -0.05) is 18.7 Å². The topological polar surface area (TPSA) is 137 Å². The summed E-state index contributed by atoms with van der Waals surface area (Å²) in [5.41, 5.74) is -1.12. The van der Waals surface area contributed by atoms with Crippen LogP contribution in [0.1, 0.15) is 25.3 Å². The third-order valence-electron chi connectivity index (χ3n) is 5.22. The van der Waals surface area contributed by atoms with Crippen molar-refractivity contribution in [3.63, 3.8) is 0 Å². The molecule has 1 atom stereocenters. The number of aliphatic hydroxyl groups excluding tert-OH is 1. The Bertz CT molecular complexity index is 1210. The molecule has 2 aromatic rings. The van der Waals surface area contributed by atoms with Gasteiger partial charge in [-0.05, 0) is 31.9 Å². The number of nitrogens with one attached hydrogen (secondary N) is 3. The number of piperidine rings is 1. The lowest BCUT2D eigenvalue weighted by atomic mass is 10.1. The number of rotatable bonds is 8. The highest BCUT2D eigenvalue weighted by Crippen LogP contribution is 2.36. The lowest BCUT2D eigenvalue weighted by molar-refractivity contribution is -0.137. The number of alkyl halides is 3. The molecule has 14 heteroatoms. The lowest BCUT2D eigenvalue weighted by Crippen LogP contribution is -2.46. The highest BCUT2D eigenvalue weighted by atomic mass is 32.2. The van der Waals surface area contributed by atoms with E-state index in [1.807, 2.05) is 0 Å². The number of halogens is 3. The number of benzene rings is 1. The molecule has 0 radical (unpaired) electrons. The summed E-state index contributed by atoms with van der Waals surface area (Å²) in [5, 5.41) is 14.6. The molecule has 0 bridgehead atoms. The van der Waals surface area contributed by atoms with Crippen molar-refractivity contribution in [2.24, 2.45) is 0 Å². The summed E-state index contributed by atoms with van der Waals surface area (Å²) in [5.74, 6) is -1.14. The smallest absolute Gasteiger partial charge is 0.387 e. The molecule has 190 valence electrons. The highest BCUT2D eigenvalue weighted by Gasteiger charge is 2.36. The summed E-state index contributed by atoms with van der Waals surface area (Å²) in [7, 11) is -3.95. The number of amides is 1. The zero-order valence-electron chi connectivity index (χ0n) is 18.8. The van der Waals surface area contributed by atoms with Crippen molar-refractivity contribution in [2.45, 2.75) is 32.0 Å². The number of carbonyl (C=O) groups excluding carboxylic acids is 1. The number of carbonyl (C=O) groups is 1. The van der Waals surface area contributed by atoms with Gasteiger partial charge in [0.15, 0.2) is 0 Å². The standard InChI is InChI=1S/C21H25F3N6O4S/c1-13(2)35(33,34)29-17-8-4-3-7-16(17)27-19-15(21(22,23)24)10-25-20(28-19)26-14-6-5-9-30(11-14)18(32)12-31/h3-4,7-8,10,14,29,31H,1,5-6,9,11-12H2,2H3,(H2,25,26,27,28)/t14-/m0/s1. The van der Waals surface area contributed by atoms with Crippen molar-refractivity contribution < 1.29 is 31.5 Å². The van der Waals surface area contributed by atoms with E-state index in [2.05, 4.69) is 31.9 Å². The molecule has 1 aliphatic rings. The fourth-order valence-electron chi connectivity index (χ4n) is 3.40. The van der Waals surface area contributed by atoms with Gasteiger partial charge in [-0.2, -0.15) is 18.2 Å². The van der Waals surface area contributed by atoms with E-state index < -0.39 is 40.1 Å². The molecule has 0 unspecified atom stereocenters. The molecule has 4 N–H and O–H groups in total. The number of sulfonamides is 1. The van der Waals surface area contributed by atoms with E-state index in [9.17, 15) is 26.4 Å². The first kappa shape index (κ1) is 26.2. The first-order chi connectivity index (χ1) is 16.4. The number of aliphatic hydroxyl groups is 1. The maximum atomic E-state index is 13.7. The number of hydrogen-bond donors (Lipinski definition) is 4. The molecular formula is C21H25F3N6O4S. The van der Waals surface area contributed by atoms with Gasteiger partial charge in [0.05, 0.1) is 16.3 Å². The number of nitrogens with zero attached hydrogens (tertiary/aromatic N) is 3. The van der Waals surface area contributed by atoms with Crippen molar-refractivity contribution in [1.29, 1.82) is 0 Å². The quantitative estimate of drug-likeness (QED) is 0.422. The first-order valence-electron chi connectivity index (χ1n) is 10.5. The van der Waals surface area contributed by atoms with Crippen LogP contribution in [0.3, 0.4) is 0 Å². The summed E-state index contributed by atoms with van der Waals surface area (Å²) >= 11 is 0. The third-order valence-corrected chi connectivity index (χ3v) is 6.63. The Balaban J connectivity index is 1.90. The summed E-state index contributed by atoms with van der Waals surface area (Å²) in [6, 6.07) is 5.47. The van der Waals surface area contributed by atoms with Crippen LogP contribution in [0, 0.1) is 0 Å². The average molecular weight is 515 g/mol. The number of allylic oxidation sites excluding steroid dienone is 1. The van der Waals surface area contributed by atoms with Gasteiger partial charge >= 0.3 is 6.18 Å². The molecule has 1 saturated heterocycles. The van der Waals surface area contributed by atoms with Crippen LogP contribution in [-0.2, 0) is 21.0 Å². The number of aromatic nitrogens is 2. The fraction of sp³-hybridized carbons (Fsp3) is 0.381. The van der Waals surface area contributed by atoms with Crippen LogP contribution in [0.4, 0.5) is 36.3 Å². The van der Waals surface area contributed by atoms with Crippen molar-refractivity contribution >= 4 is 39.1 Å². The zero-order valence-corrected chi connectivity index (χ0v) is 19.6. The Morgan fingerprint density at radius 2 is 1.97 bits per heavy atom. The number of likely N-dealkylation sites (tertiary alicyclic amines) is 1. The molecule has 1 amide bonds. The summed E-state index contributed by atoms with van der Waals surface area (Å²) in [4.78, 5) is 20.8. The van der Waals surface area contributed by atoms with Crippen molar-refractivity contribution in [1.82, 2.24) is 14.9 Å². The Kier molecular flexibility index (Phi) is 7.85. The van der Waals surface area contributed by atoms with Crippen molar-refractivity contribution in [3.8, 4) is 0 Å². The third kappa shape index (κ3) is 6.60. The number of anilines is 4. The van der Waals surface area contributed by atoms with Gasteiger partial charge in [0.2, 0.25) is 11.9 Å². The van der Waals surface area contributed by atoms with E-state index in [0.717, 1.165) is 0 Å². The highest BCUT2D eigenvalue weighted by molar-refractivity contribution is 7.96. The minimum atomic E-state index is -4.79. The second-order valence-electron chi connectivity index (χ2n) is 7.91. The molecule has 3 rings (SSSR count). The Labute approximate surface area is 200 Å². The van der Waals surface area contributed by atoms with Crippen LogP contribution < -0.4 is 15.4 Å². The molecule has 0 aliphatic carbocycles. The number of hydrogen-bond acceptors (Lipinski definition) is 8. The predicted octanol–water partition coefficient (Wildman–Crippen LogP) is 2.91. The van der Waals surface area contributed by atoms with E-state index in [4.69, 9.17) is 5.11 Å². The number of para-hydroxylation sites is 2. The second kappa shape index (κ2) is 10.5. The van der Waals surface area contributed by atoms with Gasteiger partial charge in [0, 0.05) is 25.3 Å². The van der Waals surface area contributed by atoms with Crippen LogP contribution in [0.2, 0.25) is 0 Å². The van der Waals surface area contributed by atoms with Crippen LogP contribution in [0.25, 0.3) is 0 Å². The van der Waals surface area contributed by atoms with E-state index in [1.54, 1.807) is 0 Å². The zero-order chi connectivity index (χ0) is 25.8.